The minimum absolute atomic E-state index is 0.0896. The van der Waals surface area contributed by atoms with Gasteiger partial charge in [0.25, 0.3) is 0 Å². The maximum Gasteiger partial charge on any atom is 0.182 e. The van der Waals surface area contributed by atoms with E-state index in [4.69, 9.17) is 5.73 Å². The van der Waals surface area contributed by atoms with Crippen LogP contribution in [0.1, 0.15) is 24.4 Å². The van der Waals surface area contributed by atoms with Crippen molar-refractivity contribution in [3.63, 3.8) is 0 Å². The standard InChI is InChI=1S/C13H17N5O2S/c1-9-5-10(7-11(14)6-9)13-15-16-17-18(13)12-3-2-4-21(19,20)8-12/h5-7,12H,2-4,8,14H2,1H3. The van der Waals surface area contributed by atoms with Crippen LogP contribution >= 0.6 is 0 Å². The molecule has 1 saturated heterocycles. The molecule has 1 atom stereocenters. The van der Waals surface area contributed by atoms with Crippen molar-refractivity contribution in [2.45, 2.75) is 25.8 Å². The summed E-state index contributed by atoms with van der Waals surface area (Å²) in [7, 11) is -3.01. The summed E-state index contributed by atoms with van der Waals surface area (Å²) in [5.41, 5.74) is 8.31. The molecule has 1 aromatic carbocycles. The average Bonchev–Trinajstić information content (AvgIpc) is 2.85. The van der Waals surface area contributed by atoms with Gasteiger partial charge in [0.05, 0.1) is 17.5 Å². The molecule has 0 aliphatic carbocycles. The number of nitrogen functional groups attached to an aromatic ring is 1. The fraction of sp³-hybridized carbons (Fsp3) is 0.462. The highest BCUT2D eigenvalue weighted by atomic mass is 32.2. The van der Waals surface area contributed by atoms with Crippen LogP contribution in [0, 0.1) is 6.92 Å². The number of sulfone groups is 1. The summed E-state index contributed by atoms with van der Waals surface area (Å²) in [4.78, 5) is 0. The number of aryl methyl sites for hydroxylation is 1. The van der Waals surface area contributed by atoms with Gasteiger partial charge >= 0.3 is 0 Å². The maximum atomic E-state index is 11.8. The second-order valence-corrected chi connectivity index (χ2v) is 7.72. The predicted octanol–water partition coefficient (Wildman–Crippen LogP) is 0.980. The Balaban J connectivity index is 2.01. The van der Waals surface area contributed by atoms with Gasteiger partial charge in [-0.15, -0.1) is 5.10 Å². The van der Waals surface area contributed by atoms with E-state index in [1.165, 1.54) is 0 Å². The van der Waals surface area contributed by atoms with E-state index in [2.05, 4.69) is 15.5 Å². The molecule has 2 heterocycles. The number of nitrogens with two attached hydrogens (primary N) is 1. The Kier molecular flexibility index (Phi) is 3.40. The highest BCUT2D eigenvalue weighted by molar-refractivity contribution is 7.91. The van der Waals surface area contributed by atoms with Gasteiger partial charge in [0, 0.05) is 11.3 Å². The van der Waals surface area contributed by atoms with Gasteiger partial charge in [-0.1, -0.05) is 0 Å². The zero-order valence-electron chi connectivity index (χ0n) is 11.7. The van der Waals surface area contributed by atoms with Crippen molar-refractivity contribution in [1.82, 2.24) is 20.2 Å². The Labute approximate surface area is 123 Å². The molecule has 1 aromatic heterocycles. The number of hydrogen-bond donors (Lipinski definition) is 1. The van der Waals surface area contributed by atoms with Crippen LogP contribution in [0.15, 0.2) is 18.2 Å². The first-order chi connectivity index (χ1) is 9.94. The van der Waals surface area contributed by atoms with Crippen LogP contribution in [0.4, 0.5) is 5.69 Å². The Morgan fingerprint density at radius 3 is 2.86 bits per heavy atom. The molecule has 2 N–H and O–H groups in total. The summed E-state index contributed by atoms with van der Waals surface area (Å²) in [6, 6.07) is 5.39. The van der Waals surface area contributed by atoms with Gasteiger partial charge in [-0.05, 0) is 54.0 Å². The first-order valence-corrected chi connectivity index (χ1v) is 8.62. The third-order valence-corrected chi connectivity index (χ3v) is 5.44. The summed E-state index contributed by atoms with van der Waals surface area (Å²) in [5.74, 6) is 0.900. The third-order valence-electron chi connectivity index (χ3n) is 3.64. The van der Waals surface area contributed by atoms with E-state index in [1.807, 2.05) is 19.1 Å². The molecule has 0 radical (unpaired) electrons. The molecule has 1 aliphatic heterocycles. The number of nitrogens with zero attached hydrogens (tertiary/aromatic N) is 4. The minimum atomic E-state index is -3.01. The lowest BCUT2D eigenvalue weighted by atomic mass is 10.1. The zero-order chi connectivity index (χ0) is 15.0. The van der Waals surface area contributed by atoms with Crippen molar-refractivity contribution >= 4 is 15.5 Å². The highest BCUT2D eigenvalue weighted by Gasteiger charge is 2.29. The lowest BCUT2D eigenvalue weighted by Gasteiger charge is -2.22. The van der Waals surface area contributed by atoms with Crippen molar-refractivity contribution in [3.8, 4) is 11.4 Å². The molecule has 2 aromatic rings. The number of benzene rings is 1. The SMILES string of the molecule is Cc1cc(N)cc(-c2nnnn2C2CCCS(=O)(=O)C2)c1. The molecule has 1 fully saturated rings. The van der Waals surface area contributed by atoms with Gasteiger partial charge in [-0.3, -0.25) is 0 Å². The van der Waals surface area contributed by atoms with E-state index in [-0.39, 0.29) is 17.5 Å². The first kappa shape index (κ1) is 14.0. The molecule has 0 spiro atoms. The number of hydrogen-bond acceptors (Lipinski definition) is 6. The second-order valence-electron chi connectivity index (χ2n) is 5.49. The molecule has 112 valence electrons. The Hall–Kier alpha value is -1.96. The lowest BCUT2D eigenvalue weighted by molar-refractivity contribution is 0.429. The zero-order valence-corrected chi connectivity index (χ0v) is 12.5. The Morgan fingerprint density at radius 2 is 2.14 bits per heavy atom. The van der Waals surface area contributed by atoms with Crippen molar-refractivity contribution in [2.75, 3.05) is 17.2 Å². The van der Waals surface area contributed by atoms with Gasteiger partial charge in [0.2, 0.25) is 0 Å². The van der Waals surface area contributed by atoms with E-state index in [0.29, 0.717) is 17.9 Å². The van der Waals surface area contributed by atoms with Crippen LogP contribution < -0.4 is 5.73 Å². The van der Waals surface area contributed by atoms with Crippen molar-refractivity contribution < 1.29 is 8.42 Å². The Bertz CT molecular complexity index is 748. The summed E-state index contributed by atoms with van der Waals surface area (Å²) in [6.45, 7) is 1.94. The molecule has 7 nitrogen and oxygen atoms in total. The van der Waals surface area contributed by atoms with Crippen LogP contribution in [-0.2, 0) is 9.84 Å². The molecule has 8 heteroatoms. The fourth-order valence-corrected chi connectivity index (χ4v) is 4.43. The molecule has 0 saturated carbocycles. The van der Waals surface area contributed by atoms with E-state index in [0.717, 1.165) is 17.5 Å². The topological polar surface area (TPSA) is 104 Å². The smallest absolute Gasteiger partial charge is 0.182 e. The van der Waals surface area contributed by atoms with Gasteiger partial charge in [0.1, 0.15) is 0 Å². The first-order valence-electron chi connectivity index (χ1n) is 6.80. The largest absolute Gasteiger partial charge is 0.399 e. The maximum absolute atomic E-state index is 11.8. The Morgan fingerprint density at radius 1 is 1.33 bits per heavy atom. The molecule has 21 heavy (non-hydrogen) atoms. The molecule has 1 aliphatic rings. The summed E-state index contributed by atoms with van der Waals surface area (Å²) in [5, 5.41) is 11.7. The molecule has 0 amide bonds. The normalized spacial score (nSPS) is 21.3. The van der Waals surface area contributed by atoms with Crippen molar-refractivity contribution in [1.29, 1.82) is 0 Å². The summed E-state index contributed by atoms with van der Waals surface area (Å²) >= 11 is 0. The summed E-state index contributed by atoms with van der Waals surface area (Å²) in [6.07, 6.45) is 1.40. The van der Waals surface area contributed by atoms with E-state index >= 15 is 0 Å². The van der Waals surface area contributed by atoms with Crippen LogP contribution in [0.2, 0.25) is 0 Å². The quantitative estimate of drug-likeness (QED) is 0.829. The van der Waals surface area contributed by atoms with E-state index < -0.39 is 9.84 Å². The molecular formula is C13H17N5O2S. The van der Waals surface area contributed by atoms with Gasteiger partial charge in [-0.25, -0.2) is 13.1 Å². The average molecular weight is 307 g/mol. The van der Waals surface area contributed by atoms with Crippen LogP contribution in [0.3, 0.4) is 0 Å². The van der Waals surface area contributed by atoms with Crippen LogP contribution in [-0.4, -0.2) is 40.1 Å². The van der Waals surface area contributed by atoms with Gasteiger partial charge in [-0.2, -0.15) is 0 Å². The molecular weight excluding hydrogens is 290 g/mol. The third kappa shape index (κ3) is 2.90. The number of aromatic nitrogens is 4. The van der Waals surface area contributed by atoms with Gasteiger partial charge in [0.15, 0.2) is 15.7 Å². The van der Waals surface area contributed by atoms with Crippen molar-refractivity contribution in [3.05, 3.63) is 23.8 Å². The molecule has 1 unspecified atom stereocenters. The minimum Gasteiger partial charge on any atom is -0.399 e. The van der Waals surface area contributed by atoms with E-state index in [1.54, 1.807) is 10.7 Å². The second kappa shape index (κ2) is 5.10. The lowest BCUT2D eigenvalue weighted by Crippen LogP contribution is -2.28. The molecule has 0 bridgehead atoms. The fourth-order valence-electron chi connectivity index (χ4n) is 2.76. The monoisotopic (exact) mass is 307 g/mol. The number of rotatable bonds is 2. The highest BCUT2D eigenvalue weighted by Crippen LogP contribution is 2.28. The molecule has 3 rings (SSSR count). The van der Waals surface area contributed by atoms with Crippen LogP contribution in [0.25, 0.3) is 11.4 Å². The predicted molar refractivity (Wildman–Crippen MR) is 79.3 cm³/mol. The number of tetrazole rings is 1. The summed E-state index contributed by atoms with van der Waals surface area (Å²) < 4.78 is 25.2. The van der Waals surface area contributed by atoms with Crippen LogP contribution in [0.5, 0.6) is 0 Å². The van der Waals surface area contributed by atoms with E-state index in [9.17, 15) is 8.42 Å². The van der Waals surface area contributed by atoms with Crippen molar-refractivity contribution in [2.24, 2.45) is 0 Å². The van der Waals surface area contributed by atoms with Gasteiger partial charge < -0.3 is 5.73 Å². The number of anilines is 1.